The third-order valence-corrected chi connectivity index (χ3v) is 4.21. The average molecular weight is 395 g/mol. The lowest BCUT2D eigenvalue weighted by molar-refractivity contribution is -0.384. The zero-order valence-electron chi connectivity index (χ0n) is 16.6. The summed E-state index contributed by atoms with van der Waals surface area (Å²) in [6.07, 6.45) is 0.625. The van der Waals surface area contributed by atoms with E-state index >= 15 is 0 Å². The molecule has 0 spiro atoms. The van der Waals surface area contributed by atoms with E-state index in [9.17, 15) is 24.5 Å². The van der Waals surface area contributed by atoms with Crippen LogP contribution < -0.4 is 10.2 Å². The van der Waals surface area contributed by atoms with Crippen molar-refractivity contribution in [3.63, 3.8) is 0 Å². The van der Waals surface area contributed by atoms with E-state index in [1.54, 1.807) is 25.9 Å². The van der Waals surface area contributed by atoms with Gasteiger partial charge in [0, 0.05) is 26.2 Å². The molecule has 0 aliphatic heterocycles. The van der Waals surface area contributed by atoms with Crippen LogP contribution in [0.3, 0.4) is 0 Å². The normalized spacial score (nSPS) is 12.5. The van der Waals surface area contributed by atoms with Crippen molar-refractivity contribution in [1.29, 1.82) is 0 Å². The van der Waals surface area contributed by atoms with E-state index in [1.807, 2.05) is 6.92 Å². The molecule has 10 nitrogen and oxygen atoms in total. The number of anilines is 1. The van der Waals surface area contributed by atoms with Crippen molar-refractivity contribution in [2.45, 2.75) is 26.3 Å². The lowest BCUT2D eigenvalue weighted by atomic mass is 9.99. The van der Waals surface area contributed by atoms with Crippen LogP contribution in [0.4, 0.5) is 11.4 Å². The minimum absolute atomic E-state index is 0.0431. The monoisotopic (exact) mass is 395 g/mol. The number of benzene rings is 1. The SMILES string of the molecule is CC[C@@H](C)[C@@H](NC(=O)COC(=O)c1cc([N+](=O)[O-])ccc1N(C)C)C(=O)OC. The summed E-state index contributed by atoms with van der Waals surface area (Å²) in [5.74, 6) is -2.34. The van der Waals surface area contributed by atoms with E-state index < -0.39 is 35.4 Å². The molecule has 1 aromatic rings. The van der Waals surface area contributed by atoms with Crippen molar-refractivity contribution in [1.82, 2.24) is 5.32 Å². The third kappa shape index (κ3) is 5.93. The third-order valence-electron chi connectivity index (χ3n) is 4.21. The minimum atomic E-state index is -0.888. The van der Waals surface area contributed by atoms with Crippen LogP contribution in [0.5, 0.6) is 0 Å². The van der Waals surface area contributed by atoms with Crippen molar-refractivity contribution in [2.24, 2.45) is 5.92 Å². The van der Waals surface area contributed by atoms with Crippen molar-refractivity contribution in [2.75, 3.05) is 32.7 Å². The predicted molar refractivity (Wildman–Crippen MR) is 101 cm³/mol. The van der Waals surface area contributed by atoms with Gasteiger partial charge in [-0.05, 0) is 12.0 Å². The van der Waals surface area contributed by atoms with Gasteiger partial charge in [0.1, 0.15) is 6.04 Å². The van der Waals surface area contributed by atoms with Crippen LogP contribution in [0.15, 0.2) is 18.2 Å². The molecule has 0 aliphatic rings. The molecule has 154 valence electrons. The Hall–Kier alpha value is -3.17. The predicted octanol–water partition coefficient (Wildman–Crippen LogP) is 1.52. The van der Waals surface area contributed by atoms with Crippen molar-refractivity contribution >= 4 is 29.2 Å². The number of esters is 2. The summed E-state index contributed by atoms with van der Waals surface area (Å²) in [4.78, 5) is 48.2. The number of carbonyl (C=O) groups excluding carboxylic acids is 3. The van der Waals surface area contributed by atoms with Gasteiger partial charge in [0.25, 0.3) is 11.6 Å². The molecule has 28 heavy (non-hydrogen) atoms. The fourth-order valence-electron chi connectivity index (χ4n) is 2.41. The number of nitrogens with zero attached hydrogens (tertiary/aromatic N) is 2. The van der Waals surface area contributed by atoms with E-state index in [2.05, 4.69) is 10.1 Å². The van der Waals surface area contributed by atoms with E-state index in [1.165, 1.54) is 19.2 Å². The number of carbonyl (C=O) groups is 3. The van der Waals surface area contributed by atoms with Gasteiger partial charge in [-0.2, -0.15) is 0 Å². The Morgan fingerprint density at radius 3 is 2.43 bits per heavy atom. The Balaban J connectivity index is 2.88. The first-order chi connectivity index (χ1) is 13.1. The van der Waals surface area contributed by atoms with Gasteiger partial charge in [0.15, 0.2) is 6.61 Å². The minimum Gasteiger partial charge on any atom is -0.467 e. The highest BCUT2D eigenvalue weighted by Gasteiger charge is 2.27. The molecule has 1 rings (SSSR count). The molecular formula is C18H25N3O7. The maximum atomic E-state index is 12.4. The number of ether oxygens (including phenoxy) is 2. The van der Waals surface area contributed by atoms with E-state index in [-0.39, 0.29) is 17.2 Å². The van der Waals surface area contributed by atoms with Gasteiger partial charge >= 0.3 is 11.9 Å². The molecule has 0 unspecified atom stereocenters. The van der Waals surface area contributed by atoms with Crippen LogP contribution >= 0.6 is 0 Å². The molecule has 0 saturated heterocycles. The highest BCUT2D eigenvalue weighted by atomic mass is 16.6. The first-order valence-electron chi connectivity index (χ1n) is 8.62. The Bertz CT molecular complexity index is 749. The van der Waals surface area contributed by atoms with Crippen LogP contribution in [0, 0.1) is 16.0 Å². The average Bonchev–Trinajstić information content (AvgIpc) is 2.68. The van der Waals surface area contributed by atoms with Gasteiger partial charge in [-0.25, -0.2) is 9.59 Å². The lowest BCUT2D eigenvalue weighted by Crippen LogP contribution is -2.47. The molecule has 10 heteroatoms. The fraction of sp³-hybridized carbons (Fsp3) is 0.500. The van der Waals surface area contributed by atoms with Crippen LogP contribution in [0.1, 0.15) is 30.6 Å². The van der Waals surface area contributed by atoms with Crippen LogP contribution in [0.25, 0.3) is 0 Å². The largest absolute Gasteiger partial charge is 0.467 e. The number of hydrogen-bond acceptors (Lipinski definition) is 8. The topological polar surface area (TPSA) is 128 Å². The summed E-state index contributed by atoms with van der Waals surface area (Å²) in [5.41, 5.74) is 0.0889. The smallest absolute Gasteiger partial charge is 0.341 e. The Kier molecular flexibility index (Phi) is 8.36. The van der Waals surface area contributed by atoms with Crippen molar-refractivity contribution < 1.29 is 28.8 Å². The lowest BCUT2D eigenvalue weighted by Gasteiger charge is -2.21. The Labute approximate surface area is 162 Å². The van der Waals surface area contributed by atoms with Crippen LogP contribution in [-0.2, 0) is 19.1 Å². The summed E-state index contributed by atoms with van der Waals surface area (Å²) in [6, 6.07) is 2.92. The number of nitro groups is 1. The van der Waals surface area contributed by atoms with Gasteiger partial charge < -0.3 is 19.7 Å². The number of amides is 1. The number of nitro benzene ring substituents is 1. The van der Waals surface area contributed by atoms with Gasteiger partial charge in [-0.3, -0.25) is 14.9 Å². The molecule has 1 aromatic carbocycles. The molecular weight excluding hydrogens is 370 g/mol. The highest BCUT2D eigenvalue weighted by Crippen LogP contribution is 2.25. The molecule has 1 N–H and O–H groups in total. The van der Waals surface area contributed by atoms with E-state index in [4.69, 9.17) is 4.74 Å². The van der Waals surface area contributed by atoms with Gasteiger partial charge in [0.05, 0.1) is 23.3 Å². The number of methoxy groups -OCH3 is 1. The highest BCUT2D eigenvalue weighted by molar-refractivity contribution is 5.98. The maximum absolute atomic E-state index is 12.4. The van der Waals surface area contributed by atoms with Gasteiger partial charge in [0.2, 0.25) is 0 Å². The number of rotatable bonds is 9. The molecule has 0 aliphatic carbocycles. The summed E-state index contributed by atoms with van der Waals surface area (Å²) < 4.78 is 9.67. The first-order valence-corrected chi connectivity index (χ1v) is 8.62. The van der Waals surface area contributed by atoms with Crippen molar-refractivity contribution in [3.8, 4) is 0 Å². The summed E-state index contributed by atoms with van der Waals surface area (Å²) in [6.45, 7) is 3.00. The fourth-order valence-corrected chi connectivity index (χ4v) is 2.41. The molecule has 0 radical (unpaired) electrons. The zero-order chi connectivity index (χ0) is 21.4. The number of non-ortho nitro benzene ring substituents is 1. The summed E-state index contributed by atoms with van der Waals surface area (Å²) in [7, 11) is 4.55. The zero-order valence-corrected chi connectivity index (χ0v) is 16.6. The van der Waals surface area contributed by atoms with Crippen LogP contribution in [-0.4, -0.2) is 56.6 Å². The van der Waals surface area contributed by atoms with Gasteiger partial charge in [-0.15, -0.1) is 0 Å². The Morgan fingerprint density at radius 2 is 1.93 bits per heavy atom. The quantitative estimate of drug-likeness (QED) is 0.379. The number of hydrogen-bond donors (Lipinski definition) is 1. The first kappa shape index (κ1) is 22.9. The number of nitrogens with one attached hydrogen (secondary N) is 1. The second-order valence-electron chi connectivity index (χ2n) is 6.38. The summed E-state index contributed by atoms with van der Waals surface area (Å²) in [5, 5.41) is 13.4. The second-order valence-corrected chi connectivity index (χ2v) is 6.38. The molecule has 2 atom stereocenters. The van der Waals surface area contributed by atoms with E-state index in [0.29, 0.717) is 12.1 Å². The van der Waals surface area contributed by atoms with Crippen molar-refractivity contribution in [3.05, 3.63) is 33.9 Å². The molecule has 0 aromatic heterocycles. The maximum Gasteiger partial charge on any atom is 0.341 e. The standard InChI is InChI=1S/C18H25N3O7/c1-6-11(2)16(18(24)27-5)19-15(22)10-28-17(23)13-9-12(21(25)26)7-8-14(13)20(3)4/h7-9,11,16H,6,10H2,1-5H3,(H,19,22)/t11-,16-/m1/s1. The molecule has 0 fully saturated rings. The molecule has 0 heterocycles. The second kappa shape index (κ2) is 10.2. The molecule has 0 bridgehead atoms. The van der Waals surface area contributed by atoms with Crippen LogP contribution in [0.2, 0.25) is 0 Å². The van der Waals surface area contributed by atoms with E-state index in [0.717, 1.165) is 6.07 Å². The van der Waals surface area contributed by atoms with Gasteiger partial charge in [-0.1, -0.05) is 20.3 Å². The molecule has 1 amide bonds. The Morgan fingerprint density at radius 1 is 1.29 bits per heavy atom. The summed E-state index contributed by atoms with van der Waals surface area (Å²) >= 11 is 0. The molecule has 0 saturated carbocycles.